The number of carbonyl (C=O) groups excluding carboxylic acids is 2. The molecule has 4 heteroatoms. The molecule has 0 saturated carbocycles. The summed E-state index contributed by atoms with van der Waals surface area (Å²) in [7, 11) is 0. The second-order valence-electron chi connectivity index (χ2n) is 4.80. The fourth-order valence-electron chi connectivity index (χ4n) is 1.88. The highest BCUT2D eigenvalue weighted by molar-refractivity contribution is 8.00. The molecule has 0 fully saturated rings. The quantitative estimate of drug-likeness (QED) is 0.912. The number of hydrogen-bond donors (Lipinski definition) is 1. The van der Waals surface area contributed by atoms with Gasteiger partial charge in [-0.2, -0.15) is 0 Å². The topological polar surface area (TPSA) is 46.2 Å². The molecule has 2 rings (SSSR count). The lowest BCUT2D eigenvalue weighted by atomic mass is 9.97. The molecule has 0 bridgehead atoms. The summed E-state index contributed by atoms with van der Waals surface area (Å²) in [4.78, 5) is 24.0. The highest BCUT2D eigenvalue weighted by Gasteiger charge is 2.23. The van der Waals surface area contributed by atoms with Crippen molar-refractivity contribution in [3.8, 4) is 0 Å². The van der Waals surface area contributed by atoms with Gasteiger partial charge in [0, 0.05) is 10.8 Å². The zero-order chi connectivity index (χ0) is 13.3. The summed E-state index contributed by atoms with van der Waals surface area (Å²) in [5.41, 5.74) is 1.96. The van der Waals surface area contributed by atoms with E-state index in [4.69, 9.17) is 0 Å². The molecule has 0 spiro atoms. The summed E-state index contributed by atoms with van der Waals surface area (Å²) in [6.45, 7) is 5.44. The summed E-state index contributed by atoms with van der Waals surface area (Å²) < 4.78 is 0. The molecule has 18 heavy (non-hydrogen) atoms. The lowest BCUT2D eigenvalue weighted by Gasteiger charge is -2.22. The van der Waals surface area contributed by atoms with Gasteiger partial charge in [0.25, 0.3) is 0 Å². The maximum atomic E-state index is 11.6. The van der Waals surface area contributed by atoms with Gasteiger partial charge >= 0.3 is 0 Å². The predicted octanol–water partition coefficient (Wildman–Crippen LogP) is 2.89. The lowest BCUT2D eigenvalue weighted by Crippen LogP contribution is -2.26. The van der Waals surface area contributed by atoms with Gasteiger partial charge in [-0.05, 0) is 38.0 Å². The molecule has 96 valence electrons. The molecule has 0 aromatic heterocycles. The molecule has 0 aliphatic carbocycles. The summed E-state index contributed by atoms with van der Waals surface area (Å²) >= 11 is 1.57. The van der Waals surface area contributed by atoms with Crippen LogP contribution in [0.5, 0.6) is 0 Å². The summed E-state index contributed by atoms with van der Waals surface area (Å²) in [5, 5.41) is 2.87. The van der Waals surface area contributed by atoms with E-state index in [0.717, 1.165) is 22.6 Å². The Labute approximate surface area is 111 Å². The first-order valence-electron chi connectivity index (χ1n) is 6.08. The van der Waals surface area contributed by atoms with E-state index in [2.05, 4.69) is 5.32 Å². The standard InChI is InChI=1S/C14H17NO2S/c1-8(9(2)16)6-11-4-5-13-12(7-11)15-14(17)10(3)18-13/h4-5,7-8,10H,6H2,1-3H3,(H,15,17). The van der Waals surface area contributed by atoms with Crippen LogP contribution in [0, 0.1) is 5.92 Å². The van der Waals surface area contributed by atoms with Crippen molar-refractivity contribution in [1.82, 2.24) is 0 Å². The van der Waals surface area contributed by atoms with Crippen LogP contribution in [0.3, 0.4) is 0 Å². The minimum absolute atomic E-state index is 0.0221. The van der Waals surface area contributed by atoms with E-state index in [-0.39, 0.29) is 22.9 Å². The molecule has 1 N–H and O–H groups in total. The second-order valence-corrected chi connectivity index (χ2v) is 6.18. The molecule has 1 aliphatic rings. The zero-order valence-electron chi connectivity index (χ0n) is 10.8. The number of anilines is 1. The van der Waals surface area contributed by atoms with Crippen LogP contribution in [0.1, 0.15) is 26.3 Å². The van der Waals surface area contributed by atoms with Crippen molar-refractivity contribution in [1.29, 1.82) is 0 Å². The maximum absolute atomic E-state index is 11.6. The van der Waals surface area contributed by atoms with Crippen molar-refractivity contribution in [3.05, 3.63) is 23.8 Å². The highest BCUT2D eigenvalue weighted by atomic mass is 32.2. The van der Waals surface area contributed by atoms with Crippen molar-refractivity contribution in [2.45, 2.75) is 37.3 Å². The van der Waals surface area contributed by atoms with Gasteiger partial charge < -0.3 is 5.32 Å². The number of rotatable bonds is 3. The van der Waals surface area contributed by atoms with E-state index in [1.54, 1.807) is 18.7 Å². The monoisotopic (exact) mass is 263 g/mol. The first-order chi connectivity index (χ1) is 8.47. The van der Waals surface area contributed by atoms with Crippen molar-refractivity contribution >= 4 is 29.1 Å². The second kappa shape index (κ2) is 5.14. The molecular weight excluding hydrogens is 246 g/mol. The predicted molar refractivity (Wildman–Crippen MR) is 73.9 cm³/mol. The van der Waals surface area contributed by atoms with E-state index < -0.39 is 0 Å². The van der Waals surface area contributed by atoms with E-state index >= 15 is 0 Å². The molecule has 2 atom stereocenters. The first-order valence-corrected chi connectivity index (χ1v) is 6.96. The number of carbonyl (C=O) groups is 2. The number of amides is 1. The fourth-order valence-corrected chi connectivity index (χ4v) is 2.81. The molecule has 1 aliphatic heterocycles. The van der Waals surface area contributed by atoms with Crippen LogP contribution in [0.25, 0.3) is 0 Å². The van der Waals surface area contributed by atoms with Crippen LogP contribution >= 0.6 is 11.8 Å². The number of hydrogen-bond acceptors (Lipinski definition) is 3. The van der Waals surface area contributed by atoms with Crippen LogP contribution in [0.4, 0.5) is 5.69 Å². The number of thioether (sulfide) groups is 1. The number of nitrogens with one attached hydrogen (secondary N) is 1. The zero-order valence-corrected chi connectivity index (χ0v) is 11.6. The average Bonchev–Trinajstić information content (AvgIpc) is 2.31. The van der Waals surface area contributed by atoms with E-state index in [0.29, 0.717) is 0 Å². The molecule has 0 saturated heterocycles. The van der Waals surface area contributed by atoms with Crippen LogP contribution in [0.2, 0.25) is 0 Å². The van der Waals surface area contributed by atoms with Crippen molar-refractivity contribution in [3.63, 3.8) is 0 Å². The number of benzene rings is 1. The Bertz CT molecular complexity index is 499. The van der Waals surface area contributed by atoms with Crippen LogP contribution in [-0.2, 0) is 16.0 Å². The van der Waals surface area contributed by atoms with Crippen molar-refractivity contribution < 1.29 is 9.59 Å². The molecule has 0 radical (unpaired) electrons. The average molecular weight is 263 g/mol. The number of Topliss-reactive ketones (excluding diaryl/α,β-unsaturated/α-hetero) is 1. The molecule has 2 unspecified atom stereocenters. The van der Waals surface area contributed by atoms with Gasteiger partial charge in [0.1, 0.15) is 5.78 Å². The number of ketones is 1. The minimum Gasteiger partial charge on any atom is -0.324 e. The van der Waals surface area contributed by atoms with Crippen LogP contribution in [0.15, 0.2) is 23.1 Å². The summed E-state index contributed by atoms with van der Waals surface area (Å²) in [6, 6.07) is 6.04. The Kier molecular flexibility index (Phi) is 3.76. The Morgan fingerprint density at radius 3 is 2.89 bits per heavy atom. The number of fused-ring (bicyclic) bond motifs is 1. The summed E-state index contributed by atoms with van der Waals surface area (Å²) in [6.07, 6.45) is 0.721. The fraction of sp³-hybridized carbons (Fsp3) is 0.429. The lowest BCUT2D eigenvalue weighted by molar-refractivity contribution is -0.120. The third-order valence-corrected chi connectivity index (χ3v) is 4.39. The minimum atomic E-state index is -0.0421. The Balaban J connectivity index is 2.20. The molecule has 1 amide bonds. The Hall–Kier alpha value is -1.29. The van der Waals surface area contributed by atoms with Gasteiger partial charge in [-0.3, -0.25) is 9.59 Å². The van der Waals surface area contributed by atoms with Gasteiger partial charge in [0.2, 0.25) is 5.91 Å². The maximum Gasteiger partial charge on any atom is 0.237 e. The Morgan fingerprint density at radius 2 is 2.22 bits per heavy atom. The van der Waals surface area contributed by atoms with Gasteiger partial charge in [-0.15, -0.1) is 11.8 Å². The molecule has 3 nitrogen and oxygen atoms in total. The Morgan fingerprint density at radius 1 is 1.50 bits per heavy atom. The summed E-state index contributed by atoms with van der Waals surface area (Å²) in [5.74, 6) is 0.262. The molecular formula is C14H17NO2S. The van der Waals surface area contributed by atoms with Gasteiger partial charge in [0.05, 0.1) is 10.9 Å². The SMILES string of the molecule is CC(=O)C(C)Cc1ccc2c(c1)NC(=O)C(C)S2. The van der Waals surface area contributed by atoms with E-state index in [1.807, 2.05) is 32.0 Å². The molecule has 1 heterocycles. The highest BCUT2D eigenvalue weighted by Crippen LogP contribution is 2.36. The van der Waals surface area contributed by atoms with Crippen molar-refractivity contribution in [2.24, 2.45) is 5.92 Å². The molecule has 1 aromatic rings. The van der Waals surface area contributed by atoms with Gasteiger partial charge in [-0.25, -0.2) is 0 Å². The largest absolute Gasteiger partial charge is 0.324 e. The third kappa shape index (κ3) is 2.75. The normalized spacial score (nSPS) is 19.9. The van der Waals surface area contributed by atoms with Crippen LogP contribution in [-0.4, -0.2) is 16.9 Å². The first kappa shape index (κ1) is 13.1. The van der Waals surface area contributed by atoms with Gasteiger partial charge in [0.15, 0.2) is 0 Å². The third-order valence-electron chi connectivity index (χ3n) is 3.21. The molecule has 1 aromatic carbocycles. The van der Waals surface area contributed by atoms with E-state index in [1.165, 1.54) is 0 Å². The van der Waals surface area contributed by atoms with Gasteiger partial charge in [-0.1, -0.05) is 13.0 Å². The van der Waals surface area contributed by atoms with Crippen molar-refractivity contribution in [2.75, 3.05) is 5.32 Å². The van der Waals surface area contributed by atoms with E-state index in [9.17, 15) is 9.59 Å². The van der Waals surface area contributed by atoms with Crippen LogP contribution < -0.4 is 5.32 Å². The smallest absolute Gasteiger partial charge is 0.237 e.